The van der Waals surface area contributed by atoms with Crippen molar-refractivity contribution in [1.82, 2.24) is 13.5 Å². The Morgan fingerprint density at radius 3 is 2.28 bits per heavy atom. The van der Waals surface area contributed by atoms with E-state index in [2.05, 4.69) is 4.90 Å². The van der Waals surface area contributed by atoms with Gasteiger partial charge in [-0.1, -0.05) is 12.1 Å². The summed E-state index contributed by atoms with van der Waals surface area (Å²) in [7, 11) is -1.42. The van der Waals surface area contributed by atoms with Gasteiger partial charge in [0.25, 0.3) is 10.2 Å². The van der Waals surface area contributed by atoms with Gasteiger partial charge in [0.05, 0.1) is 5.56 Å². The van der Waals surface area contributed by atoms with Crippen LogP contribution in [0.25, 0.3) is 0 Å². The van der Waals surface area contributed by atoms with Gasteiger partial charge in [0.2, 0.25) is 0 Å². The van der Waals surface area contributed by atoms with Crippen LogP contribution in [0.1, 0.15) is 34.7 Å². The van der Waals surface area contributed by atoms with Crippen molar-refractivity contribution in [3.63, 3.8) is 0 Å². The number of nitrogens with zero attached hydrogens (tertiary/aromatic N) is 3. The van der Waals surface area contributed by atoms with Gasteiger partial charge in [0.1, 0.15) is 0 Å². The number of carboxylic acid groups (broad SMARTS) is 1. The summed E-state index contributed by atoms with van der Waals surface area (Å²) in [6.07, 6.45) is 1.74. The van der Waals surface area contributed by atoms with E-state index in [0.29, 0.717) is 26.2 Å². The van der Waals surface area contributed by atoms with Gasteiger partial charge in [-0.2, -0.15) is 17.0 Å². The standard InChI is InChI=1S/C17H25N3O4S/c1-18-9-11-19(12-10-18)25(23,24)20-8-2-3-16(13-20)14-4-6-15(7-5-14)17(21)22/h4-7,16H,2-3,8-13H2,1H3,(H,21,22)/t16-/m1/s1. The largest absolute Gasteiger partial charge is 0.478 e. The zero-order valence-electron chi connectivity index (χ0n) is 14.5. The molecule has 2 fully saturated rings. The molecule has 7 nitrogen and oxygen atoms in total. The Labute approximate surface area is 149 Å². The third-order valence-electron chi connectivity index (χ3n) is 5.13. The van der Waals surface area contributed by atoms with Crippen LogP contribution in [0.3, 0.4) is 0 Å². The molecule has 0 aliphatic carbocycles. The minimum atomic E-state index is -3.43. The van der Waals surface area contributed by atoms with Crippen molar-refractivity contribution in [2.75, 3.05) is 46.3 Å². The number of benzene rings is 1. The van der Waals surface area contributed by atoms with Crippen LogP contribution in [0.5, 0.6) is 0 Å². The Kier molecular flexibility index (Phi) is 5.43. The minimum absolute atomic E-state index is 0.110. The molecule has 25 heavy (non-hydrogen) atoms. The van der Waals surface area contributed by atoms with Crippen LogP contribution in [0, 0.1) is 0 Å². The van der Waals surface area contributed by atoms with Gasteiger partial charge < -0.3 is 10.0 Å². The van der Waals surface area contributed by atoms with Crippen LogP contribution in [0.2, 0.25) is 0 Å². The molecule has 0 aromatic heterocycles. The Balaban J connectivity index is 1.71. The van der Waals surface area contributed by atoms with E-state index in [9.17, 15) is 13.2 Å². The van der Waals surface area contributed by atoms with Crippen LogP contribution in [0.4, 0.5) is 0 Å². The van der Waals surface area contributed by atoms with E-state index in [0.717, 1.165) is 31.5 Å². The number of aromatic carboxylic acids is 1. The van der Waals surface area contributed by atoms with Crippen molar-refractivity contribution in [3.8, 4) is 0 Å². The number of hydrogen-bond acceptors (Lipinski definition) is 4. The molecule has 2 aliphatic rings. The van der Waals surface area contributed by atoms with E-state index in [1.807, 2.05) is 7.05 Å². The van der Waals surface area contributed by atoms with E-state index in [1.165, 1.54) is 0 Å². The van der Waals surface area contributed by atoms with E-state index >= 15 is 0 Å². The number of piperazine rings is 1. The number of carboxylic acids is 1. The maximum absolute atomic E-state index is 12.9. The van der Waals surface area contributed by atoms with Gasteiger partial charge in [-0.05, 0) is 43.5 Å². The summed E-state index contributed by atoms with van der Waals surface area (Å²) in [5.41, 5.74) is 1.25. The van der Waals surface area contributed by atoms with Crippen LogP contribution in [0.15, 0.2) is 24.3 Å². The summed E-state index contributed by atoms with van der Waals surface area (Å²) in [5.74, 6) is -0.840. The quantitative estimate of drug-likeness (QED) is 0.861. The SMILES string of the molecule is CN1CCN(S(=O)(=O)N2CCC[C@@H](c3ccc(C(=O)O)cc3)C2)CC1. The highest BCUT2D eigenvalue weighted by Crippen LogP contribution is 2.29. The smallest absolute Gasteiger partial charge is 0.335 e. The van der Waals surface area contributed by atoms with E-state index in [4.69, 9.17) is 5.11 Å². The third-order valence-corrected chi connectivity index (χ3v) is 7.13. The highest BCUT2D eigenvalue weighted by Gasteiger charge is 2.35. The first-order valence-electron chi connectivity index (χ1n) is 8.65. The summed E-state index contributed by atoms with van der Waals surface area (Å²) in [4.78, 5) is 13.1. The molecule has 2 saturated heterocycles. The summed E-state index contributed by atoms with van der Waals surface area (Å²) in [5, 5.41) is 9.00. The fourth-order valence-electron chi connectivity index (χ4n) is 3.50. The zero-order chi connectivity index (χ0) is 18.0. The zero-order valence-corrected chi connectivity index (χ0v) is 15.3. The molecule has 0 radical (unpaired) electrons. The second-order valence-electron chi connectivity index (χ2n) is 6.83. The number of carbonyl (C=O) groups is 1. The molecule has 138 valence electrons. The maximum atomic E-state index is 12.9. The fourth-order valence-corrected chi connectivity index (χ4v) is 5.18. The van der Waals surface area contributed by atoms with Crippen molar-refractivity contribution < 1.29 is 18.3 Å². The average molecular weight is 367 g/mol. The van der Waals surface area contributed by atoms with Gasteiger partial charge in [0.15, 0.2) is 0 Å². The molecule has 1 aromatic rings. The Morgan fingerprint density at radius 2 is 1.68 bits per heavy atom. The highest BCUT2D eigenvalue weighted by molar-refractivity contribution is 7.86. The van der Waals surface area contributed by atoms with Gasteiger partial charge in [0, 0.05) is 39.3 Å². The average Bonchev–Trinajstić information content (AvgIpc) is 2.62. The molecule has 0 bridgehead atoms. The molecule has 1 N–H and O–H groups in total. The third kappa shape index (κ3) is 4.03. The first-order chi connectivity index (χ1) is 11.9. The molecule has 0 spiro atoms. The Hall–Kier alpha value is -1.48. The molecule has 2 heterocycles. The number of rotatable bonds is 4. The van der Waals surface area contributed by atoms with E-state index < -0.39 is 16.2 Å². The predicted molar refractivity (Wildman–Crippen MR) is 94.9 cm³/mol. The summed E-state index contributed by atoms with van der Waals surface area (Å²) in [6, 6.07) is 6.79. The first-order valence-corrected chi connectivity index (χ1v) is 10.0. The van der Waals surface area contributed by atoms with E-state index in [-0.39, 0.29) is 11.5 Å². The van der Waals surface area contributed by atoms with Crippen LogP contribution < -0.4 is 0 Å². The van der Waals surface area contributed by atoms with Gasteiger partial charge in [-0.25, -0.2) is 4.79 Å². The van der Waals surface area contributed by atoms with Crippen LogP contribution in [-0.2, 0) is 10.2 Å². The maximum Gasteiger partial charge on any atom is 0.335 e. The second kappa shape index (κ2) is 7.41. The lowest BCUT2D eigenvalue weighted by Crippen LogP contribution is -2.53. The molecule has 1 aromatic carbocycles. The topological polar surface area (TPSA) is 81.2 Å². The lowest BCUT2D eigenvalue weighted by molar-refractivity contribution is 0.0697. The van der Waals surface area contributed by atoms with Crippen molar-refractivity contribution in [2.24, 2.45) is 0 Å². The molecule has 0 amide bonds. The number of hydrogen-bond donors (Lipinski definition) is 1. The van der Waals surface area contributed by atoms with Crippen molar-refractivity contribution >= 4 is 16.2 Å². The monoisotopic (exact) mass is 367 g/mol. The number of likely N-dealkylation sites (N-methyl/N-ethyl adjacent to an activating group) is 1. The van der Waals surface area contributed by atoms with Crippen molar-refractivity contribution in [3.05, 3.63) is 35.4 Å². The fraction of sp³-hybridized carbons (Fsp3) is 0.588. The highest BCUT2D eigenvalue weighted by atomic mass is 32.2. The lowest BCUT2D eigenvalue weighted by Gasteiger charge is -2.38. The Morgan fingerprint density at radius 1 is 1.04 bits per heavy atom. The molecule has 0 unspecified atom stereocenters. The molecular formula is C17H25N3O4S. The second-order valence-corrected chi connectivity index (χ2v) is 8.76. The predicted octanol–water partition coefficient (Wildman–Crippen LogP) is 1.06. The summed E-state index contributed by atoms with van der Waals surface area (Å²) < 4.78 is 29.0. The minimum Gasteiger partial charge on any atom is -0.478 e. The molecule has 2 aliphatic heterocycles. The Bertz CT molecular complexity index is 712. The van der Waals surface area contributed by atoms with Crippen molar-refractivity contribution in [1.29, 1.82) is 0 Å². The molecule has 3 rings (SSSR count). The van der Waals surface area contributed by atoms with Gasteiger partial charge >= 0.3 is 5.97 Å². The van der Waals surface area contributed by atoms with Crippen molar-refractivity contribution in [2.45, 2.75) is 18.8 Å². The normalized spacial score (nSPS) is 24.3. The van der Waals surface area contributed by atoms with E-state index in [1.54, 1.807) is 32.9 Å². The molecular weight excluding hydrogens is 342 g/mol. The molecule has 0 saturated carbocycles. The lowest BCUT2D eigenvalue weighted by atomic mass is 9.91. The first kappa shape index (κ1) is 18.3. The van der Waals surface area contributed by atoms with Crippen LogP contribution in [-0.4, -0.2) is 79.3 Å². The number of piperidine rings is 1. The molecule has 8 heteroatoms. The van der Waals surface area contributed by atoms with Gasteiger partial charge in [-0.3, -0.25) is 0 Å². The summed E-state index contributed by atoms with van der Waals surface area (Å²) >= 11 is 0. The molecule has 1 atom stereocenters. The van der Waals surface area contributed by atoms with Crippen LogP contribution >= 0.6 is 0 Å². The summed E-state index contributed by atoms with van der Waals surface area (Å²) in [6.45, 7) is 3.60. The van der Waals surface area contributed by atoms with Gasteiger partial charge in [-0.15, -0.1) is 0 Å².